The molecule has 1 aromatic heterocycles. The smallest absolute Gasteiger partial charge is 0.329 e. The van der Waals surface area contributed by atoms with Crippen LogP contribution in [0.5, 0.6) is 5.75 Å². The molecule has 1 atom stereocenters. The minimum absolute atomic E-state index is 0.127. The molecule has 0 saturated heterocycles. The quantitative estimate of drug-likeness (QED) is 0.281. The molecule has 3 aromatic rings. The largest absolute Gasteiger partial charge is 0.508 e. The van der Waals surface area contributed by atoms with Gasteiger partial charge in [-0.3, -0.25) is 4.79 Å². The fraction of sp³-hybridized carbons (Fsp3) is 0.292. The number of amides is 1. The average Bonchev–Trinajstić information content (AvgIpc) is 3.17. The molecule has 0 aliphatic carbocycles. The fourth-order valence-corrected chi connectivity index (χ4v) is 4.82. The lowest BCUT2D eigenvalue weighted by atomic mass is 10.1. The highest BCUT2D eigenvalue weighted by atomic mass is 32.2. The summed E-state index contributed by atoms with van der Waals surface area (Å²) < 4.78 is 4.85. The molecule has 1 unspecified atom stereocenters. The number of hydrogen-bond donors (Lipinski definition) is 3. The summed E-state index contributed by atoms with van der Waals surface area (Å²) in [5.74, 6) is 0.804. The van der Waals surface area contributed by atoms with Gasteiger partial charge in [-0.15, -0.1) is 0 Å². The number of nitrogens with zero attached hydrogens (tertiary/aromatic N) is 1. The van der Waals surface area contributed by atoms with E-state index in [0.29, 0.717) is 17.3 Å². The van der Waals surface area contributed by atoms with Crippen molar-refractivity contribution in [3.05, 3.63) is 77.1 Å². The van der Waals surface area contributed by atoms with Gasteiger partial charge in [-0.2, -0.15) is 11.8 Å². The normalized spacial score (nSPS) is 11.7. The molecular formula is C24H27N3O4S2. The number of methoxy groups -OCH3 is 1. The van der Waals surface area contributed by atoms with Crippen molar-refractivity contribution in [3.8, 4) is 5.75 Å². The summed E-state index contributed by atoms with van der Waals surface area (Å²) in [5, 5.41) is 12.8. The molecule has 0 spiro atoms. The number of phenols is 1. The Kier molecular flexibility index (Phi) is 9.26. The van der Waals surface area contributed by atoms with Crippen LogP contribution in [-0.4, -0.2) is 51.6 Å². The Labute approximate surface area is 201 Å². The average molecular weight is 486 g/mol. The van der Waals surface area contributed by atoms with E-state index in [1.165, 1.54) is 18.9 Å². The molecule has 0 aliphatic rings. The van der Waals surface area contributed by atoms with E-state index < -0.39 is 12.0 Å². The number of benzene rings is 2. The lowest BCUT2D eigenvalue weighted by Crippen LogP contribution is -2.44. The molecule has 0 aliphatic heterocycles. The molecule has 1 amide bonds. The number of ether oxygens (including phenoxy) is 1. The molecule has 3 rings (SSSR count). The molecule has 0 radical (unpaired) electrons. The van der Waals surface area contributed by atoms with Gasteiger partial charge in [-0.25, -0.2) is 9.78 Å². The van der Waals surface area contributed by atoms with Crippen LogP contribution in [0, 0.1) is 6.92 Å². The monoisotopic (exact) mass is 485 g/mol. The second kappa shape index (κ2) is 12.4. The first-order chi connectivity index (χ1) is 15.9. The molecule has 2 aromatic carbocycles. The third-order valence-corrected chi connectivity index (χ3v) is 6.81. The summed E-state index contributed by atoms with van der Waals surface area (Å²) in [4.78, 5) is 32.4. The number of rotatable bonds is 11. The van der Waals surface area contributed by atoms with Gasteiger partial charge < -0.3 is 20.1 Å². The number of carbonyl (C=O) groups is 2. The molecule has 0 fully saturated rings. The number of nitrogens with one attached hydrogen (secondary N) is 2. The zero-order chi connectivity index (χ0) is 23.6. The molecule has 0 bridgehead atoms. The van der Waals surface area contributed by atoms with Gasteiger partial charge in [-0.1, -0.05) is 54.2 Å². The Morgan fingerprint density at radius 3 is 2.55 bits per heavy atom. The lowest BCUT2D eigenvalue weighted by molar-refractivity contribution is -0.144. The first-order valence-corrected chi connectivity index (χ1v) is 12.5. The van der Waals surface area contributed by atoms with Gasteiger partial charge in [-0.05, 0) is 30.2 Å². The zero-order valence-electron chi connectivity index (χ0n) is 18.5. The van der Waals surface area contributed by atoms with Gasteiger partial charge >= 0.3 is 5.97 Å². The summed E-state index contributed by atoms with van der Waals surface area (Å²) >= 11 is 2.85. The number of carbonyl (C=O) groups excluding carboxylic acids is 2. The first-order valence-electron chi connectivity index (χ1n) is 10.4. The predicted molar refractivity (Wildman–Crippen MR) is 132 cm³/mol. The number of aryl methyl sites for hydroxylation is 1. The number of phenolic OH excluding ortho intramolecular Hbond substituents is 1. The maximum atomic E-state index is 12.5. The van der Waals surface area contributed by atoms with Crippen molar-refractivity contribution in [2.75, 3.05) is 18.6 Å². The Morgan fingerprint density at radius 2 is 1.85 bits per heavy atom. The van der Waals surface area contributed by atoms with E-state index in [9.17, 15) is 14.7 Å². The van der Waals surface area contributed by atoms with E-state index in [2.05, 4.69) is 15.3 Å². The van der Waals surface area contributed by atoms with Crippen LogP contribution in [0.3, 0.4) is 0 Å². The van der Waals surface area contributed by atoms with Crippen LogP contribution in [-0.2, 0) is 26.5 Å². The van der Waals surface area contributed by atoms with Crippen LogP contribution in [0.2, 0.25) is 0 Å². The number of thioether (sulfide) groups is 2. The number of H-pyrrole nitrogens is 1. The minimum atomic E-state index is -0.708. The van der Waals surface area contributed by atoms with Crippen LogP contribution >= 0.6 is 23.5 Å². The summed E-state index contributed by atoms with van der Waals surface area (Å²) in [6.45, 7) is 1.93. The maximum Gasteiger partial charge on any atom is 0.329 e. The van der Waals surface area contributed by atoms with Gasteiger partial charge in [0, 0.05) is 23.6 Å². The Balaban J connectivity index is 1.49. The van der Waals surface area contributed by atoms with Gasteiger partial charge in [0.25, 0.3) is 0 Å². The SMILES string of the molecule is COC(=O)C(CSCc1ccccc1)NC(=O)CSc1nc(Cc2ccc(O)cc2)c(C)[nH]1. The predicted octanol–water partition coefficient (Wildman–Crippen LogP) is 3.70. The highest BCUT2D eigenvalue weighted by molar-refractivity contribution is 7.99. The lowest BCUT2D eigenvalue weighted by Gasteiger charge is -2.16. The first kappa shape index (κ1) is 24.7. The number of aromatic hydroxyl groups is 1. The van der Waals surface area contributed by atoms with Crippen molar-refractivity contribution in [2.24, 2.45) is 0 Å². The molecular weight excluding hydrogens is 458 g/mol. The Hall–Kier alpha value is -2.91. The topological polar surface area (TPSA) is 104 Å². The van der Waals surface area contributed by atoms with Crippen molar-refractivity contribution in [1.29, 1.82) is 0 Å². The second-order valence-electron chi connectivity index (χ2n) is 7.39. The van der Waals surface area contributed by atoms with Crippen LogP contribution in [0.15, 0.2) is 59.8 Å². The third kappa shape index (κ3) is 7.87. The zero-order valence-corrected chi connectivity index (χ0v) is 20.2. The molecule has 174 valence electrons. The van der Waals surface area contributed by atoms with E-state index in [-0.39, 0.29) is 17.4 Å². The molecule has 1 heterocycles. The number of hydrogen-bond acceptors (Lipinski definition) is 7. The Morgan fingerprint density at radius 1 is 1.12 bits per heavy atom. The standard InChI is InChI=1S/C24H27N3O4S2/c1-16-20(12-17-8-10-19(28)11-9-17)27-24(25-16)33-15-22(29)26-21(23(30)31-2)14-32-13-18-6-4-3-5-7-18/h3-11,21,28H,12-15H2,1-2H3,(H,25,27)(H,26,29). The van der Waals surface area contributed by atoms with Crippen molar-refractivity contribution in [1.82, 2.24) is 15.3 Å². The number of esters is 1. The van der Waals surface area contributed by atoms with E-state index in [1.54, 1.807) is 23.9 Å². The third-order valence-electron chi connectivity index (χ3n) is 4.83. The second-order valence-corrected chi connectivity index (χ2v) is 9.38. The van der Waals surface area contributed by atoms with Crippen molar-refractivity contribution in [2.45, 2.75) is 30.3 Å². The summed E-state index contributed by atoms with van der Waals surface area (Å²) in [5.41, 5.74) is 4.00. The maximum absolute atomic E-state index is 12.5. The molecule has 7 nitrogen and oxygen atoms in total. The molecule has 3 N–H and O–H groups in total. The van der Waals surface area contributed by atoms with Crippen molar-refractivity contribution < 1.29 is 19.4 Å². The van der Waals surface area contributed by atoms with E-state index >= 15 is 0 Å². The highest BCUT2D eigenvalue weighted by Gasteiger charge is 2.22. The van der Waals surface area contributed by atoms with E-state index in [1.807, 2.05) is 49.4 Å². The molecule has 33 heavy (non-hydrogen) atoms. The summed E-state index contributed by atoms with van der Waals surface area (Å²) in [6.07, 6.45) is 0.623. The number of imidazole rings is 1. The van der Waals surface area contributed by atoms with Crippen LogP contribution in [0.25, 0.3) is 0 Å². The van der Waals surface area contributed by atoms with Crippen molar-refractivity contribution in [3.63, 3.8) is 0 Å². The van der Waals surface area contributed by atoms with Crippen LogP contribution in [0.1, 0.15) is 22.5 Å². The fourth-order valence-electron chi connectivity index (χ4n) is 3.06. The van der Waals surface area contributed by atoms with Gasteiger partial charge in [0.05, 0.1) is 18.6 Å². The molecule has 9 heteroatoms. The number of aromatic nitrogens is 2. The highest BCUT2D eigenvalue weighted by Crippen LogP contribution is 2.20. The summed E-state index contributed by atoms with van der Waals surface area (Å²) in [7, 11) is 1.32. The van der Waals surface area contributed by atoms with Crippen LogP contribution < -0.4 is 5.32 Å². The van der Waals surface area contributed by atoms with E-state index in [4.69, 9.17) is 4.74 Å². The van der Waals surface area contributed by atoms with Crippen molar-refractivity contribution >= 4 is 35.4 Å². The number of aromatic amines is 1. The van der Waals surface area contributed by atoms with Crippen LogP contribution in [0.4, 0.5) is 0 Å². The van der Waals surface area contributed by atoms with E-state index in [0.717, 1.165) is 28.3 Å². The minimum Gasteiger partial charge on any atom is -0.508 e. The van der Waals surface area contributed by atoms with Gasteiger partial charge in [0.15, 0.2) is 5.16 Å². The summed E-state index contributed by atoms with van der Waals surface area (Å²) in [6, 6.07) is 16.2. The molecule has 0 saturated carbocycles. The van der Waals surface area contributed by atoms with Gasteiger partial charge in [0.1, 0.15) is 11.8 Å². The Bertz CT molecular complexity index is 1060. The van der Waals surface area contributed by atoms with Gasteiger partial charge in [0.2, 0.25) is 5.91 Å².